The molecule has 40 heavy (non-hydrogen) atoms. The number of aromatic nitrogens is 1. The van der Waals surface area contributed by atoms with Gasteiger partial charge in [0.05, 0.1) is 17.3 Å². The first kappa shape index (κ1) is 29.4. The Balaban J connectivity index is 1.75. The quantitative estimate of drug-likeness (QED) is 0.261. The Bertz CT molecular complexity index is 1390. The van der Waals surface area contributed by atoms with Gasteiger partial charge in [0.15, 0.2) is 0 Å². The molecule has 1 saturated carbocycles. The molecule has 0 saturated heterocycles. The molecule has 3 N–H and O–H groups in total. The Morgan fingerprint density at radius 1 is 1.05 bits per heavy atom. The van der Waals surface area contributed by atoms with Crippen molar-refractivity contribution in [2.24, 2.45) is 0 Å². The monoisotopic (exact) mass is 565 g/mol. The number of aliphatic carboxylic acids is 1. The third-order valence-electron chi connectivity index (χ3n) is 7.32. The molecule has 1 heterocycles. The number of carboxylic acids is 1. The van der Waals surface area contributed by atoms with Crippen molar-refractivity contribution in [1.82, 2.24) is 15.2 Å². The number of phenols is 1. The summed E-state index contributed by atoms with van der Waals surface area (Å²) < 4.78 is 5.98. The van der Waals surface area contributed by atoms with Gasteiger partial charge in [-0.05, 0) is 87.8 Å². The molecule has 2 aromatic carbocycles. The van der Waals surface area contributed by atoms with E-state index in [2.05, 4.69) is 10.2 Å². The number of hydrogen-bond acceptors (Lipinski definition) is 6. The molecule has 1 aromatic heterocycles. The number of rotatable bonds is 10. The summed E-state index contributed by atoms with van der Waals surface area (Å²) in [5.74, 6) is -0.962. The van der Waals surface area contributed by atoms with Gasteiger partial charge in [0.1, 0.15) is 22.7 Å². The van der Waals surface area contributed by atoms with E-state index >= 15 is 0 Å². The van der Waals surface area contributed by atoms with Gasteiger partial charge in [0, 0.05) is 17.7 Å². The normalized spacial score (nSPS) is 14.6. The molecule has 4 rings (SSSR count). The van der Waals surface area contributed by atoms with Gasteiger partial charge in [-0.3, -0.25) is 4.79 Å². The van der Waals surface area contributed by atoms with Crippen molar-refractivity contribution < 1.29 is 24.5 Å². The van der Waals surface area contributed by atoms with Crippen LogP contribution in [0.25, 0.3) is 22.4 Å². The number of nitrogens with one attached hydrogen (secondary N) is 1. The van der Waals surface area contributed by atoms with Gasteiger partial charge in [0.2, 0.25) is 0 Å². The van der Waals surface area contributed by atoms with Crippen molar-refractivity contribution in [3.05, 3.63) is 64.8 Å². The predicted octanol–water partition coefficient (Wildman–Crippen LogP) is 5.93. The second kappa shape index (κ2) is 12.7. The number of benzene rings is 2. The Labute approximate surface area is 240 Å². The lowest BCUT2D eigenvalue weighted by molar-refractivity contribution is -0.145. The van der Waals surface area contributed by atoms with Crippen molar-refractivity contribution in [3.63, 3.8) is 0 Å². The number of aromatic hydroxyl groups is 1. The number of carbonyl (C=O) groups excluding carboxylic acids is 1. The van der Waals surface area contributed by atoms with Crippen molar-refractivity contribution in [3.8, 4) is 33.9 Å². The molecule has 0 atom stereocenters. The second-order valence-electron chi connectivity index (χ2n) is 10.6. The Morgan fingerprint density at radius 3 is 2.50 bits per heavy atom. The molecule has 1 amide bonds. The van der Waals surface area contributed by atoms with E-state index in [9.17, 15) is 19.8 Å². The molecule has 9 heteroatoms. The summed E-state index contributed by atoms with van der Waals surface area (Å²) in [5.41, 5.74) is 2.34. The van der Waals surface area contributed by atoms with Crippen LogP contribution in [0.2, 0.25) is 5.02 Å². The highest BCUT2D eigenvalue weighted by Gasteiger charge is 2.41. The zero-order valence-corrected chi connectivity index (χ0v) is 23.9. The lowest BCUT2D eigenvalue weighted by Crippen LogP contribution is -2.55. The zero-order chi connectivity index (χ0) is 28.9. The van der Waals surface area contributed by atoms with Crippen LogP contribution in [0.5, 0.6) is 11.5 Å². The number of amides is 1. The van der Waals surface area contributed by atoms with Crippen LogP contribution in [0.1, 0.15) is 54.6 Å². The van der Waals surface area contributed by atoms with Crippen LogP contribution in [-0.2, 0) is 4.79 Å². The van der Waals surface area contributed by atoms with Crippen molar-refractivity contribution >= 4 is 23.5 Å². The fraction of sp³-hybridized carbons (Fsp3) is 0.387. The largest absolute Gasteiger partial charge is 0.508 e. The maximum Gasteiger partial charge on any atom is 0.329 e. The molecule has 0 unspecified atom stereocenters. The van der Waals surface area contributed by atoms with E-state index in [1.54, 1.807) is 42.5 Å². The Kier molecular flexibility index (Phi) is 9.32. The predicted molar refractivity (Wildman–Crippen MR) is 156 cm³/mol. The highest BCUT2D eigenvalue weighted by molar-refractivity contribution is 6.32. The molecule has 1 aliphatic carbocycles. The van der Waals surface area contributed by atoms with Gasteiger partial charge < -0.3 is 25.2 Å². The summed E-state index contributed by atoms with van der Waals surface area (Å²) >= 11 is 6.45. The number of ether oxygens (including phenoxy) is 1. The summed E-state index contributed by atoms with van der Waals surface area (Å²) in [6, 6.07) is 13.8. The Morgan fingerprint density at radius 2 is 1.80 bits per heavy atom. The molecule has 3 aromatic rings. The van der Waals surface area contributed by atoms with E-state index in [1.165, 1.54) is 0 Å². The fourth-order valence-corrected chi connectivity index (χ4v) is 5.25. The third-order valence-corrected chi connectivity index (χ3v) is 7.63. The van der Waals surface area contributed by atoms with E-state index in [4.69, 9.17) is 21.3 Å². The van der Waals surface area contributed by atoms with Gasteiger partial charge in [-0.25, -0.2) is 9.78 Å². The zero-order valence-electron chi connectivity index (χ0n) is 23.2. The molecule has 0 spiro atoms. The molecule has 1 aliphatic rings. The van der Waals surface area contributed by atoms with Crippen LogP contribution in [0, 0.1) is 6.92 Å². The van der Waals surface area contributed by atoms with Gasteiger partial charge in [-0.15, -0.1) is 0 Å². The first-order chi connectivity index (χ1) is 19.1. The first-order valence-electron chi connectivity index (χ1n) is 13.5. The molecule has 1 fully saturated rings. The number of phenolic OH excluding ortho intramolecular Hbond substituents is 1. The average Bonchev–Trinajstić information content (AvgIpc) is 2.93. The molecule has 0 bridgehead atoms. The number of aryl methyl sites for hydroxylation is 1. The van der Waals surface area contributed by atoms with Crippen LogP contribution < -0.4 is 10.1 Å². The topological polar surface area (TPSA) is 112 Å². The minimum absolute atomic E-state index is 0.103. The van der Waals surface area contributed by atoms with Crippen molar-refractivity contribution in [2.45, 2.75) is 51.0 Å². The summed E-state index contributed by atoms with van der Waals surface area (Å²) in [6.07, 6.45) is 4.01. The van der Waals surface area contributed by atoms with Crippen molar-refractivity contribution in [1.29, 1.82) is 0 Å². The lowest BCUT2D eigenvalue weighted by atomic mass is 9.81. The lowest BCUT2D eigenvalue weighted by Gasteiger charge is -2.33. The summed E-state index contributed by atoms with van der Waals surface area (Å²) in [4.78, 5) is 32.4. The van der Waals surface area contributed by atoms with Crippen molar-refractivity contribution in [2.75, 3.05) is 27.2 Å². The molecular weight excluding hydrogens is 530 g/mol. The fourth-order valence-electron chi connectivity index (χ4n) is 5.08. The van der Waals surface area contributed by atoms with E-state index in [0.717, 1.165) is 43.4 Å². The molecular formula is C31H36ClN3O5. The molecule has 0 aliphatic heterocycles. The maximum absolute atomic E-state index is 13.4. The average molecular weight is 566 g/mol. The van der Waals surface area contributed by atoms with Crippen LogP contribution in [0.4, 0.5) is 0 Å². The Hall–Kier alpha value is -3.62. The minimum Gasteiger partial charge on any atom is -0.508 e. The van der Waals surface area contributed by atoms with Crippen LogP contribution in [0.3, 0.4) is 0 Å². The number of hydrogen-bond donors (Lipinski definition) is 3. The number of carbonyl (C=O) groups is 2. The van der Waals surface area contributed by atoms with Gasteiger partial charge in [-0.1, -0.05) is 43.0 Å². The second-order valence-corrected chi connectivity index (χ2v) is 11.1. The minimum atomic E-state index is -1.30. The standard InChI is InChI=1S/C31H36ClN3O5/c1-20-8-10-22(36)19-24(20)23-11-13-26(29(37)34-31(30(38)39)14-5-4-6-15-31)33-28(23)21-9-12-25(32)27(18-21)40-17-7-16-35(2)3/h8-13,18-19,36H,4-7,14-17H2,1-3H3,(H,34,37)(H,38,39). The number of carboxylic acid groups (broad SMARTS) is 1. The van der Waals surface area contributed by atoms with E-state index < -0.39 is 17.4 Å². The number of nitrogens with zero attached hydrogens (tertiary/aromatic N) is 2. The summed E-state index contributed by atoms with van der Waals surface area (Å²) in [6.45, 7) is 3.28. The van der Waals surface area contributed by atoms with E-state index in [1.807, 2.05) is 27.1 Å². The van der Waals surface area contributed by atoms with Crippen LogP contribution in [0.15, 0.2) is 48.5 Å². The van der Waals surface area contributed by atoms with E-state index in [0.29, 0.717) is 47.0 Å². The molecule has 0 radical (unpaired) electrons. The first-order valence-corrected chi connectivity index (χ1v) is 13.9. The molecule has 8 nitrogen and oxygen atoms in total. The number of pyridine rings is 1. The van der Waals surface area contributed by atoms with Gasteiger partial charge in [0.25, 0.3) is 5.91 Å². The van der Waals surface area contributed by atoms with Gasteiger partial charge in [-0.2, -0.15) is 0 Å². The van der Waals surface area contributed by atoms with E-state index in [-0.39, 0.29) is 11.4 Å². The van der Waals surface area contributed by atoms with Gasteiger partial charge >= 0.3 is 5.97 Å². The smallest absolute Gasteiger partial charge is 0.329 e. The highest BCUT2D eigenvalue weighted by Crippen LogP contribution is 2.38. The summed E-state index contributed by atoms with van der Waals surface area (Å²) in [7, 11) is 4.00. The van der Waals surface area contributed by atoms with Crippen LogP contribution >= 0.6 is 11.6 Å². The third kappa shape index (κ3) is 6.74. The molecule has 212 valence electrons. The van der Waals surface area contributed by atoms with Crippen LogP contribution in [-0.4, -0.2) is 64.8 Å². The number of halogens is 1. The highest BCUT2D eigenvalue weighted by atomic mass is 35.5. The summed E-state index contributed by atoms with van der Waals surface area (Å²) in [5, 5.41) is 23.4. The SMILES string of the molecule is Cc1ccc(O)cc1-c1ccc(C(=O)NC2(C(=O)O)CCCCC2)nc1-c1ccc(Cl)c(OCCCN(C)C)c1. The maximum atomic E-state index is 13.4.